The number of anilines is 1. The third-order valence-corrected chi connectivity index (χ3v) is 2.72. The summed E-state index contributed by atoms with van der Waals surface area (Å²) >= 11 is 3.25. The molecule has 3 N–H and O–H groups in total. The van der Waals surface area contributed by atoms with Crippen molar-refractivity contribution in [3.63, 3.8) is 0 Å². The average molecular weight is 272 g/mol. The lowest BCUT2D eigenvalue weighted by Crippen LogP contribution is -2.04. The SMILES string of the molecule is Nc1cc(C(=O)O)cc(Br)c1OC1CC1. The number of halogens is 1. The second-order valence-corrected chi connectivity index (χ2v) is 4.35. The molecule has 0 spiro atoms. The molecule has 1 aromatic carbocycles. The van der Waals surface area contributed by atoms with E-state index in [0.29, 0.717) is 15.9 Å². The molecule has 0 aliphatic heterocycles. The standard InChI is InChI=1S/C10H10BrNO3/c11-7-3-5(10(13)14)4-8(12)9(7)15-6-1-2-6/h3-4,6H,1-2,12H2,(H,13,14). The van der Waals surface area contributed by atoms with E-state index in [9.17, 15) is 4.79 Å². The molecule has 80 valence electrons. The average Bonchev–Trinajstić information content (AvgIpc) is 2.94. The number of ether oxygens (including phenoxy) is 1. The molecule has 0 amide bonds. The Morgan fingerprint density at radius 3 is 2.67 bits per heavy atom. The number of hydrogen-bond donors (Lipinski definition) is 2. The minimum atomic E-state index is -1.000. The van der Waals surface area contributed by atoms with E-state index >= 15 is 0 Å². The third-order valence-electron chi connectivity index (χ3n) is 2.13. The monoisotopic (exact) mass is 271 g/mol. The van der Waals surface area contributed by atoms with Crippen LogP contribution in [0.4, 0.5) is 5.69 Å². The first kappa shape index (κ1) is 10.3. The maximum atomic E-state index is 10.7. The minimum Gasteiger partial charge on any atom is -0.487 e. The Morgan fingerprint density at radius 2 is 2.20 bits per heavy atom. The summed E-state index contributed by atoms with van der Waals surface area (Å²) in [5, 5.41) is 8.80. The molecule has 0 aromatic heterocycles. The first-order valence-corrected chi connectivity index (χ1v) is 5.36. The molecule has 0 heterocycles. The van der Waals surface area contributed by atoms with Crippen LogP contribution in [0.1, 0.15) is 23.2 Å². The fraction of sp³-hybridized carbons (Fsp3) is 0.300. The summed E-state index contributed by atoms with van der Waals surface area (Å²) in [5.74, 6) is -0.456. The van der Waals surface area contributed by atoms with Gasteiger partial charge in [-0.25, -0.2) is 4.79 Å². The van der Waals surface area contributed by atoms with Crippen LogP contribution in [0.25, 0.3) is 0 Å². The van der Waals surface area contributed by atoms with Crippen molar-refractivity contribution in [2.75, 3.05) is 5.73 Å². The van der Waals surface area contributed by atoms with E-state index in [-0.39, 0.29) is 11.7 Å². The van der Waals surface area contributed by atoms with Crippen molar-refractivity contribution in [3.8, 4) is 5.75 Å². The molecule has 0 bridgehead atoms. The summed E-state index contributed by atoms with van der Waals surface area (Å²) in [6.07, 6.45) is 2.30. The summed E-state index contributed by atoms with van der Waals surface area (Å²) in [6, 6.07) is 2.90. The van der Waals surface area contributed by atoms with Crippen LogP contribution in [0, 0.1) is 0 Å². The van der Waals surface area contributed by atoms with Gasteiger partial charge in [0, 0.05) is 0 Å². The number of hydrogen-bond acceptors (Lipinski definition) is 3. The molecule has 1 aromatic rings. The van der Waals surface area contributed by atoms with Crippen molar-refractivity contribution in [1.29, 1.82) is 0 Å². The molecule has 15 heavy (non-hydrogen) atoms. The van der Waals surface area contributed by atoms with Gasteiger partial charge < -0.3 is 15.6 Å². The zero-order valence-corrected chi connectivity index (χ0v) is 9.45. The molecule has 1 aliphatic carbocycles. The maximum absolute atomic E-state index is 10.7. The molecular weight excluding hydrogens is 262 g/mol. The Bertz CT molecular complexity index is 392. The highest BCUT2D eigenvalue weighted by Crippen LogP contribution is 2.37. The van der Waals surface area contributed by atoms with E-state index in [1.807, 2.05) is 0 Å². The summed E-state index contributed by atoms with van der Waals surface area (Å²) < 4.78 is 6.15. The Kier molecular flexibility index (Phi) is 2.56. The zero-order valence-electron chi connectivity index (χ0n) is 7.87. The highest BCUT2D eigenvalue weighted by atomic mass is 79.9. The van der Waals surface area contributed by atoms with Gasteiger partial charge in [-0.05, 0) is 40.9 Å². The number of benzene rings is 1. The fourth-order valence-electron chi connectivity index (χ4n) is 1.22. The van der Waals surface area contributed by atoms with Crippen molar-refractivity contribution in [2.45, 2.75) is 18.9 Å². The highest BCUT2D eigenvalue weighted by molar-refractivity contribution is 9.10. The van der Waals surface area contributed by atoms with Crippen LogP contribution in [0.3, 0.4) is 0 Å². The molecule has 0 atom stereocenters. The molecule has 4 nitrogen and oxygen atoms in total. The van der Waals surface area contributed by atoms with Crippen LogP contribution in [0.2, 0.25) is 0 Å². The summed E-state index contributed by atoms with van der Waals surface area (Å²) in [7, 11) is 0. The summed E-state index contributed by atoms with van der Waals surface area (Å²) in [4.78, 5) is 10.7. The maximum Gasteiger partial charge on any atom is 0.335 e. The van der Waals surface area contributed by atoms with Gasteiger partial charge >= 0.3 is 5.97 Å². The molecule has 0 saturated heterocycles. The largest absolute Gasteiger partial charge is 0.487 e. The smallest absolute Gasteiger partial charge is 0.335 e. The lowest BCUT2D eigenvalue weighted by molar-refractivity contribution is 0.0697. The molecule has 2 rings (SSSR count). The number of nitrogen functional groups attached to an aromatic ring is 1. The van der Waals surface area contributed by atoms with E-state index in [0.717, 1.165) is 12.8 Å². The van der Waals surface area contributed by atoms with Crippen molar-refractivity contribution in [1.82, 2.24) is 0 Å². The number of carbonyl (C=O) groups is 1. The fourth-order valence-corrected chi connectivity index (χ4v) is 1.78. The van der Waals surface area contributed by atoms with Crippen LogP contribution >= 0.6 is 15.9 Å². The molecular formula is C10H10BrNO3. The van der Waals surface area contributed by atoms with Crippen molar-refractivity contribution < 1.29 is 14.6 Å². The molecule has 5 heteroatoms. The third kappa shape index (κ3) is 2.23. The lowest BCUT2D eigenvalue weighted by atomic mass is 10.2. The Hall–Kier alpha value is -1.23. The van der Waals surface area contributed by atoms with Gasteiger partial charge in [0.25, 0.3) is 0 Å². The zero-order chi connectivity index (χ0) is 11.0. The Labute approximate surface area is 95.2 Å². The van der Waals surface area contributed by atoms with Gasteiger partial charge in [0.2, 0.25) is 0 Å². The number of nitrogens with two attached hydrogens (primary N) is 1. The Morgan fingerprint density at radius 1 is 1.53 bits per heavy atom. The predicted octanol–water partition coefficient (Wildman–Crippen LogP) is 2.27. The number of aromatic carboxylic acids is 1. The van der Waals surface area contributed by atoms with Gasteiger partial charge in [0.15, 0.2) is 5.75 Å². The summed E-state index contributed by atoms with van der Waals surface area (Å²) in [6.45, 7) is 0. The van der Waals surface area contributed by atoms with Gasteiger partial charge in [0.1, 0.15) is 0 Å². The molecule has 1 fully saturated rings. The van der Waals surface area contributed by atoms with Crippen LogP contribution in [-0.4, -0.2) is 17.2 Å². The predicted molar refractivity (Wildman–Crippen MR) is 59.2 cm³/mol. The van der Waals surface area contributed by atoms with E-state index in [2.05, 4.69) is 15.9 Å². The van der Waals surface area contributed by atoms with E-state index < -0.39 is 5.97 Å². The van der Waals surface area contributed by atoms with Crippen molar-refractivity contribution in [2.24, 2.45) is 0 Å². The minimum absolute atomic E-state index is 0.155. The van der Waals surface area contributed by atoms with Crippen LogP contribution in [0.15, 0.2) is 16.6 Å². The van der Waals surface area contributed by atoms with Crippen molar-refractivity contribution in [3.05, 3.63) is 22.2 Å². The second kappa shape index (κ2) is 3.73. The number of carboxylic acids is 1. The van der Waals surface area contributed by atoms with Crippen LogP contribution in [-0.2, 0) is 0 Å². The molecule has 0 unspecified atom stereocenters. The van der Waals surface area contributed by atoms with E-state index in [1.165, 1.54) is 12.1 Å². The highest BCUT2D eigenvalue weighted by Gasteiger charge is 2.25. The Balaban J connectivity index is 2.34. The number of rotatable bonds is 3. The normalized spacial score (nSPS) is 15.0. The molecule has 0 radical (unpaired) electrons. The first-order chi connectivity index (χ1) is 7.08. The first-order valence-electron chi connectivity index (χ1n) is 4.57. The van der Waals surface area contributed by atoms with Crippen LogP contribution in [0.5, 0.6) is 5.75 Å². The lowest BCUT2D eigenvalue weighted by Gasteiger charge is -2.10. The van der Waals surface area contributed by atoms with E-state index in [1.54, 1.807) is 0 Å². The van der Waals surface area contributed by atoms with Gasteiger partial charge in [-0.15, -0.1) is 0 Å². The quantitative estimate of drug-likeness (QED) is 0.828. The number of carboxylic acid groups (broad SMARTS) is 1. The van der Waals surface area contributed by atoms with E-state index in [4.69, 9.17) is 15.6 Å². The van der Waals surface area contributed by atoms with Gasteiger partial charge in [-0.1, -0.05) is 0 Å². The van der Waals surface area contributed by atoms with Gasteiger partial charge in [-0.2, -0.15) is 0 Å². The van der Waals surface area contributed by atoms with Gasteiger partial charge in [-0.3, -0.25) is 0 Å². The molecule has 1 aliphatic rings. The topological polar surface area (TPSA) is 72.6 Å². The van der Waals surface area contributed by atoms with Gasteiger partial charge in [0.05, 0.1) is 21.8 Å². The summed E-state index contributed by atoms with van der Waals surface area (Å²) in [5.41, 5.74) is 6.23. The molecule has 1 saturated carbocycles. The second-order valence-electron chi connectivity index (χ2n) is 3.50. The van der Waals surface area contributed by atoms with Crippen LogP contribution < -0.4 is 10.5 Å². The van der Waals surface area contributed by atoms with Crippen molar-refractivity contribution >= 4 is 27.6 Å².